The van der Waals surface area contributed by atoms with Gasteiger partial charge in [-0.2, -0.15) is 0 Å². The Morgan fingerprint density at radius 2 is 1.71 bits per heavy atom. The number of halogens is 1. The summed E-state index contributed by atoms with van der Waals surface area (Å²) in [5, 5.41) is 16.4. The molecule has 0 radical (unpaired) electrons. The molecule has 1 rings (SSSR count). The molecule has 5 heteroatoms. The first-order valence-corrected chi connectivity index (χ1v) is 7.08. The van der Waals surface area contributed by atoms with E-state index in [-0.39, 0.29) is 29.5 Å². The van der Waals surface area contributed by atoms with Crippen LogP contribution in [0.3, 0.4) is 0 Å². The van der Waals surface area contributed by atoms with Crippen LogP contribution < -0.4 is 10.6 Å². The van der Waals surface area contributed by atoms with E-state index in [9.17, 15) is 5.11 Å². The standard InChI is InChI=1S/C16H27N3O.HI/c1-7-17-15(19-16(4,5)6)18-10-13-8-11(2)14(20)12(3)9-13;/h8-9,20H,7,10H2,1-6H3,(H2,17,18,19);1H. The SMILES string of the molecule is CCNC(=NCc1cc(C)c(O)c(C)c1)NC(C)(C)C.I. The largest absolute Gasteiger partial charge is 0.507 e. The Morgan fingerprint density at radius 1 is 1.19 bits per heavy atom. The average molecular weight is 405 g/mol. The summed E-state index contributed by atoms with van der Waals surface area (Å²) in [6, 6.07) is 3.96. The summed E-state index contributed by atoms with van der Waals surface area (Å²) in [5.74, 6) is 1.18. The van der Waals surface area contributed by atoms with E-state index in [0.717, 1.165) is 29.2 Å². The highest BCUT2D eigenvalue weighted by atomic mass is 127. The van der Waals surface area contributed by atoms with Gasteiger partial charge in [0, 0.05) is 12.1 Å². The number of nitrogens with one attached hydrogen (secondary N) is 2. The van der Waals surface area contributed by atoms with Crippen LogP contribution in [-0.4, -0.2) is 23.1 Å². The Morgan fingerprint density at radius 3 is 2.14 bits per heavy atom. The number of aromatic hydroxyl groups is 1. The second-order valence-corrected chi connectivity index (χ2v) is 6.15. The molecular weight excluding hydrogens is 377 g/mol. The van der Waals surface area contributed by atoms with Crippen molar-refractivity contribution in [1.82, 2.24) is 10.6 Å². The van der Waals surface area contributed by atoms with E-state index in [4.69, 9.17) is 0 Å². The van der Waals surface area contributed by atoms with E-state index in [0.29, 0.717) is 12.3 Å². The van der Waals surface area contributed by atoms with E-state index in [1.165, 1.54) is 0 Å². The number of phenols is 1. The molecule has 0 saturated carbocycles. The molecule has 0 aliphatic carbocycles. The maximum absolute atomic E-state index is 9.78. The van der Waals surface area contributed by atoms with Crippen molar-refractivity contribution in [2.24, 2.45) is 4.99 Å². The van der Waals surface area contributed by atoms with Crippen molar-refractivity contribution in [3.63, 3.8) is 0 Å². The van der Waals surface area contributed by atoms with E-state index in [1.54, 1.807) is 0 Å². The van der Waals surface area contributed by atoms with Crippen LogP contribution in [-0.2, 0) is 6.54 Å². The summed E-state index contributed by atoms with van der Waals surface area (Å²) in [5.41, 5.74) is 2.86. The maximum Gasteiger partial charge on any atom is 0.191 e. The van der Waals surface area contributed by atoms with Gasteiger partial charge in [0.25, 0.3) is 0 Å². The summed E-state index contributed by atoms with van der Waals surface area (Å²) in [6.07, 6.45) is 0. The number of benzene rings is 1. The number of hydrogen-bond donors (Lipinski definition) is 3. The van der Waals surface area contributed by atoms with E-state index >= 15 is 0 Å². The maximum atomic E-state index is 9.78. The minimum atomic E-state index is -0.0260. The lowest BCUT2D eigenvalue weighted by Gasteiger charge is -2.23. The zero-order valence-electron chi connectivity index (χ0n) is 13.9. The normalized spacial score (nSPS) is 11.8. The predicted octanol–water partition coefficient (Wildman–Crippen LogP) is 3.48. The number of nitrogens with zero attached hydrogens (tertiary/aromatic N) is 1. The number of aryl methyl sites for hydroxylation is 2. The molecule has 0 bridgehead atoms. The minimum absolute atomic E-state index is 0. The monoisotopic (exact) mass is 405 g/mol. The Balaban J connectivity index is 0.00000400. The molecule has 0 aliphatic rings. The Hall–Kier alpha value is -0.980. The first kappa shape index (κ1) is 20.0. The van der Waals surface area contributed by atoms with Gasteiger partial charge in [0.2, 0.25) is 0 Å². The second-order valence-electron chi connectivity index (χ2n) is 6.15. The summed E-state index contributed by atoms with van der Waals surface area (Å²) in [4.78, 5) is 4.59. The van der Waals surface area contributed by atoms with Crippen molar-refractivity contribution in [1.29, 1.82) is 0 Å². The number of phenolic OH excluding ortho intramolecular Hbond substituents is 1. The first-order valence-electron chi connectivity index (χ1n) is 7.08. The number of guanidine groups is 1. The van der Waals surface area contributed by atoms with Gasteiger partial charge in [0.15, 0.2) is 5.96 Å². The zero-order chi connectivity index (χ0) is 15.3. The van der Waals surface area contributed by atoms with Crippen molar-refractivity contribution < 1.29 is 5.11 Å². The molecule has 3 N–H and O–H groups in total. The molecule has 0 spiro atoms. The quantitative estimate of drug-likeness (QED) is 0.410. The van der Waals surface area contributed by atoms with Crippen LogP contribution in [0.5, 0.6) is 5.75 Å². The smallest absolute Gasteiger partial charge is 0.191 e. The fourth-order valence-corrected chi connectivity index (χ4v) is 1.97. The van der Waals surface area contributed by atoms with Crippen molar-refractivity contribution in [2.75, 3.05) is 6.54 Å². The summed E-state index contributed by atoms with van der Waals surface area (Å²) in [7, 11) is 0. The topological polar surface area (TPSA) is 56.7 Å². The molecule has 0 fully saturated rings. The molecule has 1 aromatic carbocycles. The van der Waals surface area contributed by atoms with Gasteiger partial charge in [-0.3, -0.25) is 0 Å². The predicted molar refractivity (Wildman–Crippen MR) is 101 cm³/mol. The van der Waals surface area contributed by atoms with Crippen LogP contribution >= 0.6 is 24.0 Å². The zero-order valence-corrected chi connectivity index (χ0v) is 16.2. The van der Waals surface area contributed by atoms with Crippen LogP contribution in [0.4, 0.5) is 0 Å². The molecule has 0 heterocycles. The highest BCUT2D eigenvalue weighted by Crippen LogP contribution is 2.23. The minimum Gasteiger partial charge on any atom is -0.507 e. The first-order chi connectivity index (χ1) is 9.23. The van der Waals surface area contributed by atoms with Gasteiger partial charge in [-0.25, -0.2) is 4.99 Å². The second kappa shape index (κ2) is 8.46. The number of rotatable bonds is 3. The highest BCUT2D eigenvalue weighted by molar-refractivity contribution is 14.0. The third-order valence-electron chi connectivity index (χ3n) is 2.81. The van der Waals surface area contributed by atoms with Crippen LogP contribution in [0, 0.1) is 13.8 Å². The van der Waals surface area contributed by atoms with Gasteiger partial charge in [-0.1, -0.05) is 12.1 Å². The molecule has 0 aliphatic heterocycles. The Kier molecular flexibility index (Phi) is 8.06. The van der Waals surface area contributed by atoms with E-state index in [1.807, 2.05) is 26.0 Å². The lowest BCUT2D eigenvalue weighted by atomic mass is 10.1. The molecule has 0 atom stereocenters. The molecule has 4 nitrogen and oxygen atoms in total. The van der Waals surface area contributed by atoms with Crippen LogP contribution in [0.2, 0.25) is 0 Å². The molecule has 0 aromatic heterocycles. The highest BCUT2D eigenvalue weighted by Gasteiger charge is 2.11. The third kappa shape index (κ3) is 7.02. The lowest BCUT2D eigenvalue weighted by molar-refractivity contribution is 0.466. The van der Waals surface area contributed by atoms with Gasteiger partial charge >= 0.3 is 0 Å². The van der Waals surface area contributed by atoms with E-state index in [2.05, 4.69) is 43.3 Å². The summed E-state index contributed by atoms with van der Waals surface area (Å²) in [6.45, 7) is 13.6. The summed E-state index contributed by atoms with van der Waals surface area (Å²) >= 11 is 0. The van der Waals surface area contributed by atoms with E-state index < -0.39 is 0 Å². The number of hydrogen-bond acceptors (Lipinski definition) is 2. The average Bonchev–Trinajstić information content (AvgIpc) is 2.31. The van der Waals surface area contributed by atoms with Gasteiger partial charge < -0.3 is 15.7 Å². The van der Waals surface area contributed by atoms with Gasteiger partial charge in [0.05, 0.1) is 6.54 Å². The molecule has 0 amide bonds. The van der Waals surface area contributed by atoms with Gasteiger partial charge in [0.1, 0.15) is 5.75 Å². The fourth-order valence-electron chi connectivity index (χ4n) is 1.97. The molecule has 21 heavy (non-hydrogen) atoms. The lowest BCUT2D eigenvalue weighted by Crippen LogP contribution is -2.47. The molecule has 0 unspecified atom stereocenters. The van der Waals surface area contributed by atoms with Crippen molar-refractivity contribution >= 4 is 29.9 Å². The van der Waals surface area contributed by atoms with Crippen molar-refractivity contribution in [3.05, 3.63) is 28.8 Å². The van der Waals surface area contributed by atoms with Crippen LogP contribution in [0.25, 0.3) is 0 Å². The van der Waals surface area contributed by atoms with Crippen LogP contribution in [0.1, 0.15) is 44.4 Å². The number of aliphatic imine (C=N–C) groups is 1. The molecule has 0 saturated heterocycles. The Labute approximate surface area is 145 Å². The third-order valence-corrected chi connectivity index (χ3v) is 2.81. The Bertz CT molecular complexity index is 470. The summed E-state index contributed by atoms with van der Waals surface area (Å²) < 4.78 is 0. The molecular formula is C16H28IN3O. The van der Waals surface area contributed by atoms with Gasteiger partial charge in [-0.15, -0.1) is 24.0 Å². The molecule has 1 aromatic rings. The van der Waals surface area contributed by atoms with Crippen molar-refractivity contribution in [3.8, 4) is 5.75 Å². The molecule has 120 valence electrons. The van der Waals surface area contributed by atoms with Gasteiger partial charge in [-0.05, 0) is 58.2 Å². The fraction of sp³-hybridized carbons (Fsp3) is 0.562. The van der Waals surface area contributed by atoms with Crippen LogP contribution in [0.15, 0.2) is 17.1 Å². The van der Waals surface area contributed by atoms with Crippen molar-refractivity contribution in [2.45, 2.75) is 53.6 Å².